The van der Waals surface area contributed by atoms with Gasteiger partial charge in [0.1, 0.15) is 5.75 Å². The van der Waals surface area contributed by atoms with Crippen molar-refractivity contribution in [2.75, 3.05) is 0 Å². The lowest BCUT2D eigenvalue weighted by molar-refractivity contribution is 0.0936. The maximum atomic E-state index is 11.9. The predicted octanol–water partition coefficient (Wildman–Crippen LogP) is 3.74. The van der Waals surface area contributed by atoms with Crippen molar-refractivity contribution in [3.05, 3.63) is 29.3 Å². The minimum atomic E-state index is -0.0851. The maximum Gasteiger partial charge on any atom is 0.169 e. The second-order valence-electron chi connectivity index (χ2n) is 4.60. The first-order chi connectivity index (χ1) is 7.47. The molecule has 1 aromatic rings. The Morgan fingerprint density at radius 2 is 1.94 bits per heavy atom. The average molecular weight is 220 g/mol. The van der Waals surface area contributed by atoms with Crippen LogP contribution in [0.3, 0.4) is 0 Å². The zero-order valence-corrected chi connectivity index (χ0v) is 10.4. The van der Waals surface area contributed by atoms with E-state index in [1.165, 1.54) is 0 Å². The van der Waals surface area contributed by atoms with Crippen LogP contribution in [0.2, 0.25) is 0 Å². The summed E-state index contributed by atoms with van der Waals surface area (Å²) in [6, 6.07) is 5.34. The zero-order valence-electron chi connectivity index (χ0n) is 10.4. The van der Waals surface area contributed by atoms with Crippen LogP contribution in [0.15, 0.2) is 18.2 Å². The molecule has 0 aliphatic carbocycles. The Morgan fingerprint density at radius 1 is 1.31 bits per heavy atom. The highest BCUT2D eigenvalue weighted by molar-refractivity contribution is 5.99. The molecule has 0 aliphatic rings. The lowest BCUT2D eigenvalue weighted by atomic mass is 9.93. The van der Waals surface area contributed by atoms with Gasteiger partial charge < -0.3 is 5.11 Å². The molecule has 1 unspecified atom stereocenters. The van der Waals surface area contributed by atoms with E-state index in [9.17, 15) is 9.90 Å². The average Bonchev–Trinajstić information content (AvgIpc) is 2.27. The molecule has 0 aliphatic heterocycles. The van der Waals surface area contributed by atoms with E-state index in [0.717, 1.165) is 12.0 Å². The highest BCUT2D eigenvalue weighted by Crippen LogP contribution is 2.26. The van der Waals surface area contributed by atoms with Gasteiger partial charge in [0.2, 0.25) is 0 Å². The predicted molar refractivity (Wildman–Crippen MR) is 66.0 cm³/mol. The Bertz CT molecular complexity index is 380. The molecule has 0 bridgehead atoms. The van der Waals surface area contributed by atoms with Crippen LogP contribution in [0.25, 0.3) is 0 Å². The molecule has 2 nitrogen and oxygen atoms in total. The van der Waals surface area contributed by atoms with Crippen LogP contribution in [0, 0.1) is 5.92 Å². The van der Waals surface area contributed by atoms with Gasteiger partial charge in [-0.05, 0) is 30.0 Å². The largest absolute Gasteiger partial charge is 0.507 e. The topological polar surface area (TPSA) is 37.3 Å². The Kier molecular flexibility index (Phi) is 4.11. The summed E-state index contributed by atoms with van der Waals surface area (Å²) in [6.07, 6.45) is 1.03. The van der Waals surface area contributed by atoms with E-state index in [0.29, 0.717) is 11.5 Å². The first-order valence-electron chi connectivity index (χ1n) is 5.84. The van der Waals surface area contributed by atoms with Gasteiger partial charge in [0.05, 0.1) is 5.56 Å². The van der Waals surface area contributed by atoms with Gasteiger partial charge in [0, 0.05) is 5.92 Å². The van der Waals surface area contributed by atoms with Gasteiger partial charge in [0.15, 0.2) is 5.78 Å². The van der Waals surface area contributed by atoms with Gasteiger partial charge in [0.25, 0.3) is 0 Å². The van der Waals surface area contributed by atoms with Gasteiger partial charge >= 0.3 is 0 Å². The third-order valence-corrected chi connectivity index (χ3v) is 2.99. The van der Waals surface area contributed by atoms with Crippen molar-refractivity contribution < 1.29 is 9.90 Å². The summed E-state index contributed by atoms with van der Waals surface area (Å²) in [6.45, 7) is 7.92. The number of benzene rings is 1. The number of carbonyl (C=O) groups is 1. The number of carbonyl (C=O) groups excluding carboxylic acids is 1. The molecular weight excluding hydrogens is 200 g/mol. The number of phenolic OH excluding ortho intramolecular Hbond substituents is 1. The molecule has 88 valence electrons. The summed E-state index contributed by atoms with van der Waals surface area (Å²) in [4.78, 5) is 11.9. The highest BCUT2D eigenvalue weighted by Gasteiger charge is 2.16. The van der Waals surface area contributed by atoms with Crippen LogP contribution >= 0.6 is 0 Å². The Hall–Kier alpha value is -1.31. The lowest BCUT2D eigenvalue weighted by Crippen LogP contribution is -2.08. The Labute approximate surface area is 97.3 Å². The van der Waals surface area contributed by atoms with Crippen LogP contribution < -0.4 is 0 Å². The monoisotopic (exact) mass is 220 g/mol. The second kappa shape index (κ2) is 5.15. The molecule has 0 radical (unpaired) electrons. The van der Waals surface area contributed by atoms with Crippen molar-refractivity contribution in [3.8, 4) is 5.75 Å². The number of aromatic hydroxyl groups is 1. The van der Waals surface area contributed by atoms with E-state index >= 15 is 0 Å². The van der Waals surface area contributed by atoms with Crippen molar-refractivity contribution in [1.82, 2.24) is 0 Å². The summed E-state index contributed by atoms with van der Waals surface area (Å²) >= 11 is 0. The molecule has 1 N–H and O–H groups in total. The van der Waals surface area contributed by atoms with Gasteiger partial charge in [-0.15, -0.1) is 0 Å². The summed E-state index contributed by atoms with van der Waals surface area (Å²) < 4.78 is 0. The van der Waals surface area contributed by atoms with E-state index in [1.54, 1.807) is 6.07 Å². The molecule has 0 fully saturated rings. The van der Waals surface area contributed by atoms with E-state index < -0.39 is 0 Å². The summed E-state index contributed by atoms with van der Waals surface area (Å²) in [5.74, 6) is 0.422. The van der Waals surface area contributed by atoms with Crippen LogP contribution in [-0.2, 0) is 0 Å². The maximum absolute atomic E-state index is 11.9. The minimum Gasteiger partial charge on any atom is -0.507 e. The van der Waals surface area contributed by atoms with Crippen LogP contribution in [-0.4, -0.2) is 10.9 Å². The Morgan fingerprint density at radius 3 is 2.44 bits per heavy atom. The van der Waals surface area contributed by atoms with Gasteiger partial charge in [-0.3, -0.25) is 4.79 Å². The number of phenols is 1. The van der Waals surface area contributed by atoms with E-state index in [2.05, 4.69) is 13.8 Å². The molecule has 1 aromatic carbocycles. The third-order valence-electron chi connectivity index (χ3n) is 2.99. The molecule has 0 saturated carbocycles. The molecule has 0 heterocycles. The fourth-order valence-electron chi connectivity index (χ4n) is 1.60. The highest BCUT2D eigenvalue weighted by atomic mass is 16.3. The van der Waals surface area contributed by atoms with Crippen molar-refractivity contribution in [2.24, 2.45) is 5.92 Å². The summed E-state index contributed by atoms with van der Waals surface area (Å²) in [7, 11) is 0. The smallest absolute Gasteiger partial charge is 0.169 e. The standard InChI is InChI=1S/C14H20O2/c1-5-10(4)11-6-7-13(15)12(8-11)14(16)9(2)3/h6-10,15H,5H2,1-4H3. The Balaban J connectivity index is 3.13. The number of rotatable bonds is 4. The molecule has 2 heteroatoms. The van der Waals surface area contributed by atoms with Crippen LogP contribution in [0.5, 0.6) is 5.75 Å². The molecule has 0 spiro atoms. The van der Waals surface area contributed by atoms with Crippen molar-refractivity contribution in [2.45, 2.75) is 40.0 Å². The third kappa shape index (κ3) is 2.63. The van der Waals surface area contributed by atoms with E-state index in [1.807, 2.05) is 26.0 Å². The molecule has 16 heavy (non-hydrogen) atoms. The molecule has 0 aromatic heterocycles. The first kappa shape index (κ1) is 12.8. The number of hydrogen-bond donors (Lipinski definition) is 1. The molecule has 0 amide bonds. The van der Waals surface area contributed by atoms with Gasteiger partial charge in [-0.2, -0.15) is 0 Å². The number of Topliss-reactive ketones (excluding diaryl/α,β-unsaturated/α-hetero) is 1. The minimum absolute atomic E-state index is 0.00246. The van der Waals surface area contributed by atoms with Gasteiger partial charge in [-0.1, -0.05) is 33.8 Å². The van der Waals surface area contributed by atoms with Gasteiger partial charge in [-0.25, -0.2) is 0 Å². The van der Waals surface area contributed by atoms with Crippen molar-refractivity contribution >= 4 is 5.78 Å². The summed E-state index contributed by atoms with van der Waals surface area (Å²) in [5, 5.41) is 9.69. The van der Waals surface area contributed by atoms with E-state index in [4.69, 9.17) is 0 Å². The van der Waals surface area contributed by atoms with Crippen LogP contribution in [0.1, 0.15) is 56.0 Å². The van der Waals surface area contributed by atoms with E-state index in [-0.39, 0.29) is 17.5 Å². The van der Waals surface area contributed by atoms with Crippen molar-refractivity contribution in [1.29, 1.82) is 0 Å². The quantitative estimate of drug-likeness (QED) is 0.785. The normalized spacial score (nSPS) is 12.8. The first-order valence-corrected chi connectivity index (χ1v) is 5.84. The fourth-order valence-corrected chi connectivity index (χ4v) is 1.60. The number of ketones is 1. The summed E-state index contributed by atoms with van der Waals surface area (Å²) in [5.41, 5.74) is 1.57. The second-order valence-corrected chi connectivity index (χ2v) is 4.60. The molecule has 0 saturated heterocycles. The SMILES string of the molecule is CCC(C)c1ccc(O)c(C(=O)C(C)C)c1. The zero-order chi connectivity index (χ0) is 12.3. The number of hydrogen-bond acceptors (Lipinski definition) is 2. The fraction of sp³-hybridized carbons (Fsp3) is 0.500. The molecule has 1 atom stereocenters. The lowest BCUT2D eigenvalue weighted by Gasteiger charge is -2.12. The molecular formula is C14H20O2. The van der Waals surface area contributed by atoms with Crippen LogP contribution in [0.4, 0.5) is 0 Å². The van der Waals surface area contributed by atoms with Crippen molar-refractivity contribution in [3.63, 3.8) is 0 Å². The molecule has 1 rings (SSSR count).